The van der Waals surface area contributed by atoms with E-state index in [1.807, 2.05) is 0 Å². The van der Waals surface area contributed by atoms with Crippen molar-refractivity contribution in [3.63, 3.8) is 0 Å². The number of primary amides is 3. The number of aliphatic hydroxyl groups excluding tert-OH is 5. The van der Waals surface area contributed by atoms with Crippen molar-refractivity contribution in [2.24, 2.45) is 28.9 Å². The van der Waals surface area contributed by atoms with Crippen LogP contribution in [0, 0.1) is 5.92 Å². The average molecular weight is 1590 g/mol. The highest BCUT2D eigenvalue weighted by molar-refractivity contribution is 6.02. The lowest BCUT2D eigenvalue weighted by molar-refractivity contribution is -0.192. The van der Waals surface area contributed by atoms with Crippen LogP contribution in [0.25, 0.3) is 10.9 Å². The summed E-state index contributed by atoms with van der Waals surface area (Å²) in [4.78, 5) is 240. The predicted molar refractivity (Wildman–Crippen MR) is 377 cm³/mol. The fourth-order valence-electron chi connectivity index (χ4n) is 11.1. The van der Waals surface area contributed by atoms with Crippen molar-refractivity contribution in [1.82, 2.24) is 78.6 Å². The summed E-state index contributed by atoms with van der Waals surface area (Å²) in [5.74, 6) is -21.1. The number of alkyl halides is 3. The van der Waals surface area contributed by atoms with E-state index in [-0.39, 0.29) is 51.6 Å². The van der Waals surface area contributed by atoms with Crippen LogP contribution in [0.4, 0.5) is 13.2 Å². The van der Waals surface area contributed by atoms with Gasteiger partial charge in [0.15, 0.2) is 0 Å². The van der Waals surface area contributed by atoms with E-state index in [1.54, 1.807) is 68.4 Å². The Morgan fingerprint density at radius 1 is 0.464 bits per heavy atom. The highest BCUT2D eigenvalue weighted by Crippen LogP contribution is 2.25. The topological polar surface area (TPSA) is 699 Å². The zero-order valence-electron chi connectivity index (χ0n) is 60.4. The van der Waals surface area contributed by atoms with Gasteiger partial charge in [0.2, 0.25) is 100 Å². The number of nitrogens with two attached hydrogens (primary N) is 4. The number of hydrogen-bond acceptors (Lipinski definition) is 24. The molecule has 0 bridgehead atoms. The zero-order valence-corrected chi connectivity index (χ0v) is 60.4. The number of carboxylic acid groups (broad SMARTS) is 1. The molecule has 2 aliphatic rings. The van der Waals surface area contributed by atoms with Crippen LogP contribution in [-0.4, -0.2) is 296 Å². The molecule has 0 spiro atoms. The fraction of sp³-hybridized carbons (Fsp3) is 0.515. The molecule has 2 aliphatic heterocycles. The zero-order chi connectivity index (χ0) is 83.9. The molecule has 46 heteroatoms. The number of rotatable bonds is 41. The molecule has 2 aromatic carbocycles. The largest absolute Gasteiger partial charge is 0.490 e. The number of aliphatic hydroxyl groups is 5. The first-order valence-electron chi connectivity index (χ1n) is 34.5. The molecule has 3 aromatic rings. The molecule has 0 aliphatic carbocycles. The van der Waals surface area contributed by atoms with Gasteiger partial charge in [0.05, 0.1) is 71.6 Å². The van der Waals surface area contributed by atoms with Gasteiger partial charge in [-0.15, -0.1) is 0 Å². The van der Waals surface area contributed by atoms with Crippen molar-refractivity contribution in [1.29, 1.82) is 0 Å². The summed E-state index contributed by atoms with van der Waals surface area (Å²) in [5, 5.41) is 85.9. The first kappa shape index (κ1) is 92.4. The monoisotopic (exact) mass is 1590 g/mol. The highest BCUT2D eigenvalue weighted by atomic mass is 19.4. The Labute approximate surface area is 634 Å². The maximum Gasteiger partial charge on any atom is 0.490 e. The van der Waals surface area contributed by atoms with Crippen LogP contribution in [-0.2, 0) is 99.1 Å². The number of H-pyrrole nitrogens is 1. The van der Waals surface area contributed by atoms with Crippen molar-refractivity contribution in [2.45, 2.75) is 144 Å². The number of halogens is 3. The van der Waals surface area contributed by atoms with Crippen molar-refractivity contribution in [3.8, 4) is 0 Å². The van der Waals surface area contributed by atoms with Gasteiger partial charge in [0.1, 0.15) is 66.5 Å². The Bertz CT molecular complexity index is 3890. The molecule has 5 rings (SSSR count). The molecule has 3 heterocycles. The van der Waals surface area contributed by atoms with E-state index in [2.05, 4.69) is 68.8 Å². The number of carboxylic acids is 1. The lowest BCUT2D eigenvalue weighted by Gasteiger charge is -2.31. The van der Waals surface area contributed by atoms with Gasteiger partial charge in [0, 0.05) is 43.0 Å². The lowest BCUT2D eigenvalue weighted by atomic mass is 10.0. The Kier molecular flexibility index (Phi) is 36.8. The highest BCUT2D eigenvalue weighted by Gasteiger charge is 2.44. The molecular formula is C66H92F3N19O24. The van der Waals surface area contributed by atoms with E-state index >= 15 is 4.79 Å². The summed E-state index contributed by atoms with van der Waals surface area (Å²) in [6.45, 7) is -4.28. The average Bonchev–Trinajstić information content (AvgIpc) is 1.63. The van der Waals surface area contributed by atoms with Gasteiger partial charge >= 0.3 is 12.1 Å². The summed E-state index contributed by atoms with van der Waals surface area (Å²) in [6.07, 6.45) is -5.68. The fourth-order valence-corrected chi connectivity index (χ4v) is 11.1. The molecule has 112 heavy (non-hydrogen) atoms. The number of hydrogen-bond donors (Lipinski definition) is 23. The molecule has 2 saturated heterocycles. The number of nitrogens with zero attached hydrogens (tertiary/aromatic N) is 2. The van der Waals surface area contributed by atoms with Crippen molar-refractivity contribution in [3.05, 3.63) is 71.9 Å². The maximum absolute atomic E-state index is 15.0. The third-order valence-corrected chi connectivity index (χ3v) is 17.0. The quantitative estimate of drug-likeness (QED) is 0.0251. The molecule has 2 fully saturated rings. The van der Waals surface area contributed by atoms with Crippen LogP contribution < -0.4 is 86.7 Å². The van der Waals surface area contributed by atoms with E-state index < -0.39 is 256 Å². The van der Waals surface area contributed by atoms with Gasteiger partial charge in [-0.2, -0.15) is 13.2 Å². The lowest BCUT2D eigenvalue weighted by Crippen LogP contribution is -2.62. The number of carbonyl (C=O) groups is 18. The van der Waals surface area contributed by atoms with Crippen LogP contribution in [0.2, 0.25) is 0 Å². The third kappa shape index (κ3) is 28.8. The SMILES string of the molecule is CC(C)[C@H](N)C(=O)N[C@@H](CO)C(=O)N[C@@H](CC(N)=O)C(=O)N[C@@H](CO)C(=O)N[C@@H](CC(N)=O)C(=O)N[C@@H](Cc1c[nH]c2ccccc12)C(=O)N1CCC[C@H]1C(=O)N[C@@H](CO)C(=O)N[C@@H](Cc1ccccc1)C(=O)N1CCC[C@H]1C(=O)N[C@@H](CO)C(=O)N[C@@H](CO)C(=O)NCC(=O)NCC(=O)NCC(N)=O.O=C(O)C(F)(F)F. The number of fused-ring (bicyclic) bond motifs is 1. The number of aromatic nitrogens is 1. The number of aromatic amines is 1. The Balaban J connectivity index is 0.00000359. The summed E-state index contributed by atoms with van der Waals surface area (Å²) >= 11 is 0. The first-order valence-corrected chi connectivity index (χ1v) is 34.5. The normalized spacial score (nSPS) is 16.5. The van der Waals surface area contributed by atoms with E-state index in [0.717, 1.165) is 9.80 Å². The first-order chi connectivity index (χ1) is 52.8. The second-order valence-corrected chi connectivity index (χ2v) is 25.7. The van der Waals surface area contributed by atoms with Gasteiger partial charge in [-0.25, -0.2) is 4.79 Å². The predicted octanol–water partition coefficient (Wildman–Crippen LogP) is -11.5. The van der Waals surface area contributed by atoms with Gasteiger partial charge in [-0.05, 0) is 48.8 Å². The van der Waals surface area contributed by atoms with Gasteiger partial charge in [-0.3, -0.25) is 81.5 Å². The molecule has 12 atom stereocenters. The number of likely N-dealkylation sites (tertiary alicyclic amines) is 2. The van der Waals surface area contributed by atoms with Crippen molar-refractivity contribution < 1.29 is 130 Å². The number of para-hydroxylation sites is 1. The third-order valence-electron chi connectivity index (χ3n) is 17.0. The van der Waals surface area contributed by atoms with E-state index in [0.29, 0.717) is 22.0 Å². The van der Waals surface area contributed by atoms with Crippen molar-refractivity contribution >= 4 is 117 Å². The summed E-state index contributed by atoms with van der Waals surface area (Å²) in [6, 6.07) is -5.03. The minimum Gasteiger partial charge on any atom is -0.475 e. The van der Waals surface area contributed by atoms with Crippen LogP contribution in [0.3, 0.4) is 0 Å². The minimum atomic E-state index is -5.08. The summed E-state index contributed by atoms with van der Waals surface area (Å²) in [7, 11) is 0. The molecular weight excluding hydrogens is 1500 g/mol. The second kappa shape index (κ2) is 44.6. The Hall–Kier alpha value is -12.0. The smallest absolute Gasteiger partial charge is 0.475 e. The summed E-state index contributed by atoms with van der Waals surface area (Å²) < 4.78 is 31.7. The molecule has 27 N–H and O–H groups in total. The Morgan fingerprint density at radius 3 is 1.23 bits per heavy atom. The molecule has 0 radical (unpaired) electrons. The number of amides is 17. The number of carbonyl (C=O) groups excluding carboxylic acids is 17. The standard InChI is InChI=1S/C64H91N19O22.C2HF3O2/c1-31(2)52(68)62(103)81-44(30-88)57(98)74-37(21-48(66)90)55(96)78-41(27-85)56(97)73-36(20-47(65)89)54(95)76-39(19-33-22-69-35-13-7-6-12-34(33)35)64(105)83-17-9-15-46(83)61(102)79-42(28-86)58(99)75-38(18-32-10-4-3-5-11-32)63(104)82-16-8-14-45(82)60(101)80-43(29-87)59(100)77-40(26-84)53(94)72-25-51(93)71-24-50(92)70-23-49(67)91;3-2(4,5)1(6)7/h3-7,10-13,22,31,36-46,52,69,84-88H,8-9,14-21,23-30,68H2,1-2H3,(H2,65,89)(H2,66,90)(H2,67,91)(H,70,92)(H,71,93)(H,72,94)(H,73,97)(H,74,98)(H,75,99)(H,76,95)(H,77,100)(H,78,96)(H,79,102)(H,80,101)(H,81,103);(H,6,7)/t36-,37-,38-,39-,40-,41-,42-,43-,44-,45-,46-,52-;/m0./s1. The second-order valence-electron chi connectivity index (χ2n) is 25.7. The number of benzene rings is 2. The van der Waals surface area contributed by atoms with Crippen molar-refractivity contribution in [2.75, 3.05) is 65.8 Å². The molecule has 616 valence electrons. The minimum absolute atomic E-state index is 0.00268. The molecule has 0 unspecified atom stereocenters. The maximum atomic E-state index is 15.0. The van der Waals surface area contributed by atoms with Crippen LogP contribution in [0.5, 0.6) is 0 Å². The summed E-state index contributed by atoms with van der Waals surface area (Å²) in [5.41, 5.74) is 23.2. The van der Waals surface area contributed by atoms with E-state index in [1.165, 1.54) is 6.20 Å². The van der Waals surface area contributed by atoms with E-state index in [4.69, 9.17) is 32.8 Å². The van der Waals surface area contributed by atoms with Gasteiger partial charge in [0.25, 0.3) is 0 Å². The Morgan fingerprint density at radius 2 is 0.821 bits per heavy atom. The van der Waals surface area contributed by atoms with E-state index in [9.17, 15) is 115 Å². The molecule has 43 nitrogen and oxygen atoms in total. The van der Waals surface area contributed by atoms with Gasteiger partial charge in [-0.1, -0.05) is 62.4 Å². The number of aliphatic carboxylic acids is 1. The van der Waals surface area contributed by atoms with Gasteiger partial charge < -0.3 is 132 Å². The number of nitrogens with one attached hydrogen (secondary N) is 13. The van der Waals surface area contributed by atoms with Crippen LogP contribution in [0.1, 0.15) is 63.5 Å². The molecule has 17 amide bonds. The molecule has 0 saturated carbocycles. The van der Waals surface area contributed by atoms with Crippen LogP contribution in [0.15, 0.2) is 60.8 Å². The van der Waals surface area contributed by atoms with Crippen LogP contribution >= 0.6 is 0 Å². The molecule has 1 aromatic heterocycles.